The quantitative estimate of drug-likeness (QED) is 0.870. The van der Waals surface area contributed by atoms with Crippen molar-refractivity contribution in [3.63, 3.8) is 0 Å². The number of hydrogen-bond donors (Lipinski definition) is 1. The van der Waals surface area contributed by atoms with Crippen molar-refractivity contribution in [1.82, 2.24) is 0 Å². The number of hydrogen-bond acceptors (Lipinski definition) is 3. The molecule has 1 aromatic rings. The summed E-state index contributed by atoms with van der Waals surface area (Å²) < 4.78 is 5.87. The van der Waals surface area contributed by atoms with Gasteiger partial charge in [-0.1, -0.05) is 19.1 Å². The third kappa shape index (κ3) is 3.47. The van der Waals surface area contributed by atoms with Crippen LogP contribution in [0.15, 0.2) is 24.3 Å². The van der Waals surface area contributed by atoms with Crippen molar-refractivity contribution in [2.45, 2.75) is 38.8 Å². The Kier molecular flexibility index (Phi) is 5.02. The van der Waals surface area contributed by atoms with Crippen LogP contribution in [0.5, 0.6) is 0 Å². The molecule has 1 aliphatic rings. The summed E-state index contributed by atoms with van der Waals surface area (Å²) in [6.07, 6.45) is 3.90. The first-order valence-corrected chi connectivity index (χ1v) is 6.99. The number of ether oxygens (including phenoxy) is 1. The minimum atomic E-state index is 0.396. The summed E-state index contributed by atoms with van der Waals surface area (Å²) >= 11 is 0. The number of piperidine rings is 1. The van der Waals surface area contributed by atoms with Gasteiger partial charge in [-0.05, 0) is 37.0 Å². The molecule has 0 saturated carbocycles. The maximum Gasteiger partial charge on any atom is 0.0750 e. The maximum atomic E-state index is 5.87. The molecule has 0 aliphatic carbocycles. The summed E-state index contributed by atoms with van der Waals surface area (Å²) in [5.74, 6) is 0. The lowest BCUT2D eigenvalue weighted by atomic mass is 10.1. The summed E-state index contributed by atoms with van der Waals surface area (Å²) in [7, 11) is 0. The van der Waals surface area contributed by atoms with E-state index in [0.717, 1.165) is 26.1 Å². The predicted octanol–water partition coefficient (Wildman–Crippen LogP) is 2.54. The molecule has 1 aromatic carbocycles. The zero-order valence-electron chi connectivity index (χ0n) is 11.3. The van der Waals surface area contributed by atoms with Crippen molar-refractivity contribution in [3.05, 3.63) is 29.8 Å². The highest BCUT2D eigenvalue weighted by Crippen LogP contribution is 2.21. The monoisotopic (exact) mass is 248 g/mol. The van der Waals surface area contributed by atoms with Crippen LogP contribution in [-0.4, -0.2) is 25.8 Å². The smallest absolute Gasteiger partial charge is 0.0750 e. The van der Waals surface area contributed by atoms with Crippen LogP contribution in [-0.2, 0) is 11.3 Å². The Morgan fingerprint density at radius 1 is 1.33 bits per heavy atom. The lowest BCUT2D eigenvalue weighted by Crippen LogP contribution is -2.39. The molecule has 1 unspecified atom stereocenters. The van der Waals surface area contributed by atoms with Gasteiger partial charge in [0.2, 0.25) is 0 Å². The van der Waals surface area contributed by atoms with Crippen molar-refractivity contribution < 1.29 is 4.74 Å². The molecule has 2 rings (SSSR count). The standard InChI is InChI=1S/C15H24N2O/c1-2-10-18-15-4-3-9-17(12-15)14-7-5-13(11-16)6-8-14/h5-8,15H,2-4,9-12,16H2,1H3. The van der Waals surface area contributed by atoms with E-state index >= 15 is 0 Å². The molecule has 100 valence electrons. The topological polar surface area (TPSA) is 38.5 Å². The summed E-state index contributed by atoms with van der Waals surface area (Å²) in [5, 5.41) is 0. The van der Waals surface area contributed by atoms with Crippen LogP contribution in [0.1, 0.15) is 31.7 Å². The second-order valence-corrected chi connectivity index (χ2v) is 4.95. The van der Waals surface area contributed by atoms with Crippen molar-refractivity contribution in [3.8, 4) is 0 Å². The Morgan fingerprint density at radius 3 is 2.78 bits per heavy atom. The molecule has 3 heteroatoms. The first kappa shape index (κ1) is 13.4. The van der Waals surface area contributed by atoms with Crippen LogP contribution in [0.4, 0.5) is 5.69 Å². The highest BCUT2D eigenvalue weighted by Gasteiger charge is 2.20. The van der Waals surface area contributed by atoms with Crippen LogP contribution in [0, 0.1) is 0 Å². The van der Waals surface area contributed by atoms with Crippen molar-refractivity contribution in [1.29, 1.82) is 0 Å². The Hall–Kier alpha value is -1.06. The molecule has 0 radical (unpaired) electrons. The van der Waals surface area contributed by atoms with E-state index in [1.165, 1.54) is 24.1 Å². The van der Waals surface area contributed by atoms with Crippen LogP contribution < -0.4 is 10.6 Å². The van der Waals surface area contributed by atoms with Gasteiger partial charge in [0, 0.05) is 31.9 Å². The fourth-order valence-electron chi connectivity index (χ4n) is 2.44. The third-order valence-corrected chi connectivity index (χ3v) is 3.47. The van der Waals surface area contributed by atoms with Gasteiger partial charge < -0.3 is 15.4 Å². The number of benzene rings is 1. The van der Waals surface area contributed by atoms with Gasteiger partial charge in [0.1, 0.15) is 0 Å². The summed E-state index contributed by atoms with van der Waals surface area (Å²) in [5.41, 5.74) is 8.10. The molecule has 3 nitrogen and oxygen atoms in total. The zero-order valence-corrected chi connectivity index (χ0v) is 11.3. The summed E-state index contributed by atoms with van der Waals surface area (Å²) in [6.45, 7) is 5.80. The van der Waals surface area contributed by atoms with Crippen molar-refractivity contribution >= 4 is 5.69 Å². The van der Waals surface area contributed by atoms with Crippen LogP contribution in [0.2, 0.25) is 0 Å². The molecule has 0 aromatic heterocycles. The lowest BCUT2D eigenvalue weighted by molar-refractivity contribution is 0.0440. The SMILES string of the molecule is CCCOC1CCCN(c2ccc(CN)cc2)C1. The molecule has 0 bridgehead atoms. The minimum absolute atomic E-state index is 0.396. The third-order valence-electron chi connectivity index (χ3n) is 3.47. The molecule has 0 amide bonds. The average molecular weight is 248 g/mol. The first-order valence-electron chi connectivity index (χ1n) is 6.99. The number of anilines is 1. The molecular formula is C15H24N2O. The summed E-state index contributed by atoms with van der Waals surface area (Å²) in [6, 6.07) is 8.58. The van der Waals surface area contributed by atoms with Crippen LogP contribution in [0.25, 0.3) is 0 Å². The van der Waals surface area contributed by atoms with Crippen LogP contribution in [0.3, 0.4) is 0 Å². The lowest BCUT2D eigenvalue weighted by Gasteiger charge is -2.34. The molecule has 1 aliphatic heterocycles. The molecule has 18 heavy (non-hydrogen) atoms. The fourth-order valence-corrected chi connectivity index (χ4v) is 2.44. The molecule has 0 spiro atoms. The molecule has 1 fully saturated rings. The van der Waals surface area contributed by atoms with Gasteiger partial charge in [-0.25, -0.2) is 0 Å². The van der Waals surface area contributed by atoms with Gasteiger partial charge in [-0.3, -0.25) is 0 Å². The number of nitrogens with two attached hydrogens (primary N) is 1. The van der Waals surface area contributed by atoms with Gasteiger partial charge in [-0.2, -0.15) is 0 Å². The van der Waals surface area contributed by atoms with Crippen LogP contribution >= 0.6 is 0 Å². The molecule has 1 saturated heterocycles. The molecule has 1 heterocycles. The van der Waals surface area contributed by atoms with Gasteiger partial charge >= 0.3 is 0 Å². The van der Waals surface area contributed by atoms with E-state index in [-0.39, 0.29) is 0 Å². The summed E-state index contributed by atoms with van der Waals surface area (Å²) in [4.78, 5) is 2.42. The first-order chi connectivity index (χ1) is 8.83. The van der Waals surface area contributed by atoms with Gasteiger partial charge in [0.05, 0.1) is 6.10 Å². The van der Waals surface area contributed by atoms with E-state index in [9.17, 15) is 0 Å². The Balaban J connectivity index is 1.94. The van der Waals surface area contributed by atoms with E-state index in [2.05, 4.69) is 36.1 Å². The maximum absolute atomic E-state index is 5.87. The highest BCUT2D eigenvalue weighted by atomic mass is 16.5. The number of nitrogens with zero attached hydrogens (tertiary/aromatic N) is 1. The second kappa shape index (κ2) is 6.76. The van der Waals surface area contributed by atoms with E-state index in [4.69, 9.17) is 10.5 Å². The zero-order chi connectivity index (χ0) is 12.8. The molecular weight excluding hydrogens is 224 g/mol. The average Bonchev–Trinajstić information content (AvgIpc) is 2.45. The van der Waals surface area contributed by atoms with Gasteiger partial charge in [0.25, 0.3) is 0 Å². The Bertz CT molecular complexity index is 350. The van der Waals surface area contributed by atoms with Crippen molar-refractivity contribution in [2.75, 3.05) is 24.6 Å². The Labute approximate surface area is 110 Å². The fraction of sp³-hybridized carbons (Fsp3) is 0.600. The van der Waals surface area contributed by atoms with Gasteiger partial charge in [-0.15, -0.1) is 0 Å². The van der Waals surface area contributed by atoms with Gasteiger partial charge in [0.15, 0.2) is 0 Å². The van der Waals surface area contributed by atoms with E-state index in [1.807, 2.05) is 0 Å². The second-order valence-electron chi connectivity index (χ2n) is 4.95. The number of rotatable bonds is 5. The minimum Gasteiger partial charge on any atom is -0.376 e. The largest absolute Gasteiger partial charge is 0.376 e. The van der Waals surface area contributed by atoms with E-state index in [0.29, 0.717) is 12.6 Å². The predicted molar refractivity (Wildman–Crippen MR) is 75.8 cm³/mol. The van der Waals surface area contributed by atoms with Crippen molar-refractivity contribution in [2.24, 2.45) is 5.73 Å². The van der Waals surface area contributed by atoms with E-state index in [1.54, 1.807) is 0 Å². The normalized spacial score (nSPS) is 20.1. The molecule has 1 atom stereocenters. The highest BCUT2D eigenvalue weighted by molar-refractivity contribution is 5.48. The Morgan fingerprint density at radius 2 is 2.11 bits per heavy atom. The molecule has 2 N–H and O–H groups in total. The van der Waals surface area contributed by atoms with E-state index < -0.39 is 0 Å².